The van der Waals surface area contributed by atoms with Gasteiger partial charge in [-0.3, -0.25) is 4.90 Å². The number of likely N-dealkylation sites (tertiary alicyclic amines) is 1. The Labute approximate surface area is 84.8 Å². The first kappa shape index (κ1) is 10.4. The molecule has 0 spiro atoms. The maximum Gasteiger partial charge on any atom is 0.151 e. The minimum absolute atomic E-state index is 0.158. The van der Waals surface area contributed by atoms with E-state index in [9.17, 15) is 13.5 Å². The van der Waals surface area contributed by atoms with Gasteiger partial charge in [0.25, 0.3) is 0 Å². The van der Waals surface area contributed by atoms with Gasteiger partial charge in [-0.2, -0.15) is 0 Å². The zero-order valence-corrected chi connectivity index (χ0v) is 9.04. The lowest BCUT2D eigenvalue weighted by Crippen LogP contribution is -2.42. The van der Waals surface area contributed by atoms with Gasteiger partial charge in [0.15, 0.2) is 9.84 Å². The number of β-amino-alcohol motifs (C(OH)–C–C–N with tert-alkyl or cyclic N) is 1. The van der Waals surface area contributed by atoms with Crippen molar-refractivity contribution in [2.24, 2.45) is 0 Å². The first-order chi connectivity index (χ1) is 6.57. The number of hydrogen-bond donors (Lipinski definition) is 1. The third-order valence-corrected chi connectivity index (χ3v) is 4.95. The fourth-order valence-corrected chi connectivity index (χ4v) is 4.12. The number of sulfone groups is 1. The van der Waals surface area contributed by atoms with Crippen molar-refractivity contribution in [2.75, 3.05) is 24.6 Å². The molecule has 0 radical (unpaired) electrons. The molecule has 2 rings (SSSR count). The van der Waals surface area contributed by atoms with E-state index in [-0.39, 0.29) is 12.1 Å². The van der Waals surface area contributed by atoms with Crippen molar-refractivity contribution in [2.45, 2.75) is 31.4 Å². The van der Waals surface area contributed by atoms with Crippen LogP contribution in [0.25, 0.3) is 0 Å². The van der Waals surface area contributed by atoms with E-state index in [1.807, 2.05) is 0 Å². The summed E-state index contributed by atoms with van der Waals surface area (Å²) in [5.74, 6) is 0.639. The van der Waals surface area contributed by atoms with Gasteiger partial charge in [-0.05, 0) is 19.3 Å². The summed E-state index contributed by atoms with van der Waals surface area (Å²) in [6.07, 6.45) is 2.28. The molecule has 82 valence electrons. The summed E-state index contributed by atoms with van der Waals surface area (Å²) in [7, 11) is -2.81. The minimum atomic E-state index is -2.81. The van der Waals surface area contributed by atoms with Gasteiger partial charge >= 0.3 is 0 Å². The fourth-order valence-electron chi connectivity index (χ4n) is 2.39. The van der Waals surface area contributed by atoms with Crippen LogP contribution in [0.2, 0.25) is 0 Å². The summed E-state index contributed by atoms with van der Waals surface area (Å²) in [6.45, 7) is 1.50. The molecule has 5 heteroatoms. The monoisotopic (exact) mass is 219 g/mol. The molecular weight excluding hydrogens is 202 g/mol. The summed E-state index contributed by atoms with van der Waals surface area (Å²) in [6, 6.07) is 0.158. The van der Waals surface area contributed by atoms with Crippen LogP contribution in [0.3, 0.4) is 0 Å². The van der Waals surface area contributed by atoms with Crippen molar-refractivity contribution in [3.63, 3.8) is 0 Å². The first-order valence-corrected chi connectivity index (χ1v) is 7.01. The highest BCUT2D eigenvalue weighted by atomic mass is 32.2. The van der Waals surface area contributed by atoms with Crippen molar-refractivity contribution >= 4 is 9.84 Å². The molecule has 1 N–H and O–H groups in total. The summed E-state index contributed by atoms with van der Waals surface area (Å²) in [5, 5.41) is 9.37. The molecule has 2 saturated heterocycles. The Kier molecular flexibility index (Phi) is 2.81. The third kappa shape index (κ3) is 2.27. The molecule has 14 heavy (non-hydrogen) atoms. The average Bonchev–Trinajstić information content (AvgIpc) is 2.50. The van der Waals surface area contributed by atoms with Gasteiger partial charge in [0.2, 0.25) is 0 Å². The van der Waals surface area contributed by atoms with Gasteiger partial charge in [0.05, 0.1) is 17.6 Å². The third-order valence-electron chi connectivity index (χ3n) is 3.15. The summed E-state index contributed by atoms with van der Waals surface area (Å²) in [5.41, 5.74) is 0. The highest BCUT2D eigenvalue weighted by molar-refractivity contribution is 7.91. The zero-order chi connectivity index (χ0) is 10.2. The van der Waals surface area contributed by atoms with Gasteiger partial charge in [-0.1, -0.05) is 0 Å². The Morgan fingerprint density at radius 2 is 2.07 bits per heavy atom. The molecule has 2 fully saturated rings. The predicted molar refractivity (Wildman–Crippen MR) is 53.9 cm³/mol. The molecule has 2 atom stereocenters. The number of hydrogen-bond acceptors (Lipinski definition) is 4. The topological polar surface area (TPSA) is 57.6 Å². The number of rotatable bonds is 1. The van der Waals surface area contributed by atoms with Crippen LogP contribution < -0.4 is 0 Å². The summed E-state index contributed by atoms with van der Waals surface area (Å²) in [4.78, 5) is 2.13. The molecule has 2 unspecified atom stereocenters. The van der Waals surface area contributed by atoms with Crippen LogP contribution in [0.15, 0.2) is 0 Å². The maximum absolute atomic E-state index is 11.4. The van der Waals surface area contributed by atoms with Crippen LogP contribution >= 0.6 is 0 Å². The fraction of sp³-hybridized carbons (Fsp3) is 1.00. The lowest BCUT2D eigenvalue weighted by Gasteiger charge is -2.30. The van der Waals surface area contributed by atoms with E-state index < -0.39 is 9.84 Å². The van der Waals surface area contributed by atoms with Gasteiger partial charge < -0.3 is 5.11 Å². The van der Waals surface area contributed by atoms with Crippen LogP contribution in [0.4, 0.5) is 0 Å². The second-order valence-electron chi connectivity index (χ2n) is 4.35. The number of aliphatic hydroxyl groups is 1. The molecule has 2 aliphatic heterocycles. The van der Waals surface area contributed by atoms with E-state index in [0.717, 1.165) is 25.8 Å². The van der Waals surface area contributed by atoms with Gasteiger partial charge in [-0.25, -0.2) is 8.42 Å². The summed E-state index contributed by atoms with van der Waals surface area (Å²) >= 11 is 0. The largest absolute Gasteiger partial charge is 0.392 e. The van der Waals surface area contributed by atoms with Crippen LogP contribution in [-0.2, 0) is 9.84 Å². The maximum atomic E-state index is 11.4. The van der Waals surface area contributed by atoms with Crippen molar-refractivity contribution in [1.29, 1.82) is 0 Å². The molecule has 0 aromatic carbocycles. The molecule has 0 saturated carbocycles. The van der Waals surface area contributed by atoms with Crippen molar-refractivity contribution in [3.05, 3.63) is 0 Å². The first-order valence-electron chi connectivity index (χ1n) is 5.19. The van der Waals surface area contributed by atoms with E-state index in [1.165, 1.54) is 0 Å². The van der Waals surface area contributed by atoms with Crippen LogP contribution in [-0.4, -0.2) is 55.2 Å². The average molecular weight is 219 g/mol. The molecular formula is C9H17NO3S. The number of aliphatic hydroxyl groups excluding tert-OH is 1. The normalized spacial score (nSPS) is 38.6. The van der Waals surface area contributed by atoms with Crippen molar-refractivity contribution in [3.8, 4) is 0 Å². The van der Waals surface area contributed by atoms with Crippen molar-refractivity contribution < 1.29 is 13.5 Å². The smallest absolute Gasteiger partial charge is 0.151 e. The van der Waals surface area contributed by atoms with Crippen LogP contribution in [0.5, 0.6) is 0 Å². The molecule has 0 aromatic heterocycles. The lowest BCUT2D eigenvalue weighted by atomic mass is 10.1. The highest BCUT2D eigenvalue weighted by Gasteiger charge is 2.32. The Bertz CT molecular complexity index is 301. The molecule has 0 aliphatic carbocycles. The number of nitrogens with zero attached hydrogens (tertiary/aromatic N) is 1. The van der Waals surface area contributed by atoms with E-state index in [1.54, 1.807) is 0 Å². The van der Waals surface area contributed by atoms with E-state index in [2.05, 4.69) is 4.90 Å². The Hall–Kier alpha value is -0.130. The molecule has 2 heterocycles. The van der Waals surface area contributed by atoms with E-state index in [4.69, 9.17) is 0 Å². The second-order valence-corrected chi connectivity index (χ2v) is 6.58. The van der Waals surface area contributed by atoms with Crippen LogP contribution in [0, 0.1) is 0 Å². The second kappa shape index (κ2) is 3.79. The molecule has 0 aromatic rings. The quantitative estimate of drug-likeness (QED) is 0.654. The standard InChI is InChI=1S/C9H17NO3S/c11-9-3-4-10(6-9)8-2-1-5-14(12,13)7-8/h8-9,11H,1-7H2. The zero-order valence-electron chi connectivity index (χ0n) is 8.22. The Morgan fingerprint density at radius 1 is 1.29 bits per heavy atom. The predicted octanol–water partition coefficient (Wildman–Crippen LogP) is -0.370. The lowest BCUT2D eigenvalue weighted by molar-refractivity contribution is 0.159. The highest BCUT2D eigenvalue weighted by Crippen LogP contribution is 2.21. The van der Waals surface area contributed by atoms with Crippen LogP contribution in [0.1, 0.15) is 19.3 Å². The van der Waals surface area contributed by atoms with Gasteiger partial charge in [0.1, 0.15) is 0 Å². The Balaban J connectivity index is 1.98. The molecule has 0 bridgehead atoms. The molecule has 0 amide bonds. The van der Waals surface area contributed by atoms with E-state index >= 15 is 0 Å². The minimum Gasteiger partial charge on any atom is -0.392 e. The molecule has 4 nitrogen and oxygen atoms in total. The molecule has 2 aliphatic rings. The Morgan fingerprint density at radius 3 is 2.64 bits per heavy atom. The van der Waals surface area contributed by atoms with E-state index in [0.29, 0.717) is 18.1 Å². The van der Waals surface area contributed by atoms with Gasteiger partial charge in [0, 0.05) is 19.1 Å². The van der Waals surface area contributed by atoms with Gasteiger partial charge in [-0.15, -0.1) is 0 Å². The summed E-state index contributed by atoms with van der Waals surface area (Å²) < 4.78 is 22.8. The SMILES string of the molecule is O=S1(=O)CCCC(N2CCC(O)C2)C1. The van der Waals surface area contributed by atoms with Crippen molar-refractivity contribution in [1.82, 2.24) is 4.90 Å².